The van der Waals surface area contributed by atoms with Crippen LogP contribution < -0.4 is 10.2 Å². The van der Waals surface area contributed by atoms with Gasteiger partial charge >= 0.3 is 12.1 Å². The van der Waals surface area contributed by atoms with Crippen LogP contribution in [0.5, 0.6) is 0 Å². The van der Waals surface area contributed by atoms with Gasteiger partial charge in [0.05, 0.1) is 11.7 Å². The van der Waals surface area contributed by atoms with Crippen molar-refractivity contribution in [3.05, 3.63) is 88.5 Å². The average Bonchev–Trinajstić information content (AvgIpc) is 3.14. The van der Waals surface area contributed by atoms with Gasteiger partial charge in [-0.25, -0.2) is 14.6 Å². The minimum atomic E-state index is -1.35. The number of benzene rings is 2. The van der Waals surface area contributed by atoms with Crippen LogP contribution in [-0.4, -0.2) is 34.8 Å². The zero-order chi connectivity index (χ0) is 23.5. The van der Waals surface area contributed by atoms with Crippen LogP contribution in [-0.2, 0) is 11.2 Å². The number of ether oxygens (including phenoxy) is 1. The number of aromatic carboxylic acids is 1. The number of pyridine rings is 1. The Kier molecular flexibility index (Phi) is 6.46. The molecule has 2 heterocycles. The van der Waals surface area contributed by atoms with Crippen LogP contribution in [0.25, 0.3) is 0 Å². The molecule has 1 aliphatic heterocycles. The first kappa shape index (κ1) is 22.5. The molecule has 2 aromatic carbocycles. The Hall–Kier alpha value is -3.65. The summed E-state index contributed by atoms with van der Waals surface area (Å²) in [4.78, 5) is 29.0. The smallest absolute Gasteiger partial charge is 0.414 e. The van der Waals surface area contributed by atoms with E-state index in [9.17, 15) is 19.1 Å². The third-order valence-corrected chi connectivity index (χ3v) is 5.61. The Balaban J connectivity index is 1.61. The maximum Gasteiger partial charge on any atom is 0.414 e. The first-order chi connectivity index (χ1) is 15.8. The van der Waals surface area contributed by atoms with Crippen molar-refractivity contribution in [2.24, 2.45) is 0 Å². The summed E-state index contributed by atoms with van der Waals surface area (Å²) in [5.41, 5.74) is 2.10. The fourth-order valence-corrected chi connectivity index (χ4v) is 4.07. The highest BCUT2D eigenvalue weighted by Crippen LogP contribution is 2.32. The van der Waals surface area contributed by atoms with E-state index in [-0.39, 0.29) is 18.3 Å². The normalized spacial score (nSPS) is 16.4. The highest BCUT2D eigenvalue weighted by molar-refractivity contribution is 6.31. The van der Waals surface area contributed by atoms with Crippen molar-refractivity contribution in [3.63, 3.8) is 0 Å². The van der Waals surface area contributed by atoms with Gasteiger partial charge in [0.25, 0.3) is 0 Å². The lowest BCUT2D eigenvalue weighted by Gasteiger charge is -2.24. The highest BCUT2D eigenvalue weighted by atomic mass is 35.5. The fourth-order valence-electron chi connectivity index (χ4n) is 3.83. The number of nitrogens with zero attached hydrogens (tertiary/aromatic N) is 2. The highest BCUT2D eigenvalue weighted by Gasteiger charge is 2.34. The van der Waals surface area contributed by atoms with Gasteiger partial charge in [0, 0.05) is 16.8 Å². The van der Waals surface area contributed by atoms with E-state index < -0.39 is 29.7 Å². The van der Waals surface area contributed by atoms with Crippen molar-refractivity contribution in [2.45, 2.75) is 25.4 Å². The van der Waals surface area contributed by atoms with E-state index in [4.69, 9.17) is 16.3 Å². The number of nitrogens with one attached hydrogen (secondary N) is 1. The number of hydrogen-bond donors (Lipinski definition) is 2. The molecule has 1 amide bonds. The van der Waals surface area contributed by atoms with E-state index in [0.717, 1.165) is 11.6 Å². The minimum absolute atomic E-state index is 0.167. The topological polar surface area (TPSA) is 91.8 Å². The molecule has 1 fully saturated rings. The van der Waals surface area contributed by atoms with Gasteiger partial charge in [-0.2, -0.15) is 4.39 Å². The van der Waals surface area contributed by atoms with Crippen LogP contribution in [0.3, 0.4) is 0 Å². The molecule has 7 nitrogen and oxygen atoms in total. The number of aromatic nitrogens is 1. The second-order valence-electron chi connectivity index (χ2n) is 7.73. The molecule has 0 spiro atoms. The minimum Gasteiger partial charge on any atom is -0.476 e. The summed E-state index contributed by atoms with van der Waals surface area (Å²) in [7, 11) is 0. The number of amides is 1. The molecule has 170 valence electrons. The largest absolute Gasteiger partial charge is 0.476 e. The number of carbonyl (C=O) groups is 2. The Morgan fingerprint density at radius 1 is 1.27 bits per heavy atom. The van der Waals surface area contributed by atoms with E-state index in [0.29, 0.717) is 22.7 Å². The predicted octanol–water partition coefficient (Wildman–Crippen LogP) is 5.31. The lowest BCUT2D eigenvalue weighted by atomic mass is 10.0. The van der Waals surface area contributed by atoms with Crippen LogP contribution in [0.1, 0.15) is 34.6 Å². The van der Waals surface area contributed by atoms with Crippen LogP contribution in [0.4, 0.5) is 20.6 Å². The van der Waals surface area contributed by atoms with Gasteiger partial charge in [-0.3, -0.25) is 4.90 Å². The molecule has 9 heteroatoms. The van der Waals surface area contributed by atoms with Gasteiger partial charge in [0.2, 0.25) is 5.95 Å². The first-order valence-electron chi connectivity index (χ1n) is 10.3. The Bertz CT molecular complexity index is 1190. The van der Waals surface area contributed by atoms with Crippen molar-refractivity contribution in [1.82, 2.24) is 4.98 Å². The van der Waals surface area contributed by atoms with Crippen molar-refractivity contribution < 1.29 is 23.8 Å². The number of anilines is 2. The molecule has 1 aromatic heterocycles. The molecule has 0 aliphatic carbocycles. The molecule has 0 radical (unpaired) electrons. The molecule has 1 unspecified atom stereocenters. The lowest BCUT2D eigenvalue weighted by molar-refractivity contribution is 0.0690. The van der Waals surface area contributed by atoms with E-state index in [2.05, 4.69) is 10.3 Å². The number of carboxylic acids is 1. The zero-order valence-corrected chi connectivity index (χ0v) is 18.4. The molecule has 2 N–H and O–H groups in total. The Labute approximate surface area is 194 Å². The number of halogens is 2. The maximum absolute atomic E-state index is 13.4. The van der Waals surface area contributed by atoms with Crippen LogP contribution in [0.15, 0.2) is 60.7 Å². The second kappa shape index (κ2) is 9.46. The number of carbonyl (C=O) groups excluding carboxylic acids is 1. The first-order valence-corrected chi connectivity index (χ1v) is 10.7. The van der Waals surface area contributed by atoms with Crippen molar-refractivity contribution in [2.75, 3.05) is 16.8 Å². The summed E-state index contributed by atoms with van der Waals surface area (Å²) in [6.07, 6.45) is 0.159. The molecule has 0 saturated carbocycles. The molecular weight excluding hydrogens is 449 g/mol. The summed E-state index contributed by atoms with van der Waals surface area (Å²) < 4.78 is 18.7. The van der Waals surface area contributed by atoms with Crippen LogP contribution in [0, 0.1) is 5.95 Å². The molecule has 0 bridgehead atoms. The second-order valence-corrected chi connectivity index (χ2v) is 8.17. The van der Waals surface area contributed by atoms with Gasteiger partial charge in [-0.05, 0) is 54.8 Å². The van der Waals surface area contributed by atoms with E-state index in [1.54, 1.807) is 30.0 Å². The summed E-state index contributed by atoms with van der Waals surface area (Å²) in [5.74, 6) is -2.23. The van der Waals surface area contributed by atoms with Crippen molar-refractivity contribution in [1.29, 1.82) is 0 Å². The SMILES string of the molecule is CC(Nc1ccc(F)nc1C(=O)O)c1cc(Cl)cc(N2C(=O)OC[C@@H]2Cc2ccccc2)c1. The van der Waals surface area contributed by atoms with Gasteiger partial charge in [0.1, 0.15) is 6.61 Å². The summed E-state index contributed by atoms with van der Waals surface area (Å²) in [5, 5.41) is 12.8. The maximum atomic E-state index is 13.4. The van der Waals surface area contributed by atoms with E-state index in [1.807, 2.05) is 30.3 Å². The van der Waals surface area contributed by atoms with Gasteiger partial charge < -0.3 is 15.2 Å². The third kappa shape index (κ3) is 5.06. The Morgan fingerprint density at radius 3 is 2.76 bits per heavy atom. The van der Waals surface area contributed by atoms with E-state index >= 15 is 0 Å². The average molecular weight is 470 g/mol. The van der Waals surface area contributed by atoms with E-state index in [1.165, 1.54) is 6.07 Å². The monoisotopic (exact) mass is 469 g/mol. The quantitative estimate of drug-likeness (QED) is 0.455. The number of cyclic esters (lactones) is 1. The summed E-state index contributed by atoms with van der Waals surface area (Å²) >= 11 is 6.37. The molecule has 3 aromatic rings. The molecule has 1 aliphatic rings. The Morgan fingerprint density at radius 2 is 2.03 bits per heavy atom. The van der Waals surface area contributed by atoms with Crippen LogP contribution in [0.2, 0.25) is 5.02 Å². The van der Waals surface area contributed by atoms with Crippen molar-refractivity contribution >= 4 is 35.0 Å². The third-order valence-electron chi connectivity index (χ3n) is 5.39. The zero-order valence-electron chi connectivity index (χ0n) is 17.7. The van der Waals surface area contributed by atoms with Gasteiger partial charge in [0.15, 0.2) is 5.69 Å². The molecule has 33 heavy (non-hydrogen) atoms. The standard InChI is InChI=1S/C24H21ClFN3O4/c1-14(27-20-7-8-21(26)28-22(20)23(30)31)16-10-17(25)12-18(11-16)29-19(13-33-24(29)32)9-15-5-3-2-4-6-15/h2-8,10-12,14,19,27H,9,13H2,1H3,(H,30,31)/t14?,19-/m0/s1. The summed E-state index contributed by atoms with van der Waals surface area (Å²) in [6.45, 7) is 2.06. The summed E-state index contributed by atoms with van der Waals surface area (Å²) in [6, 6.07) is 16.8. The predicted molar refractivity (Wildman–Crippen MR) is 122 cm³/mol. The molecule has 2 atom stereocenters. The number of rotatable bonds is 7. The van der Waals surface area contributed by atoms with Crippen molar-refractivity contribution in [3.8, 4) is 0 Å². The van der Waals surface area contributed by atoms with Gasteiger partial charge in [-0.1, -0.05) is 41.9 Å². The lowest BCUT2D eigenvalue weighted by Crippen LogP contribution is -2.35. The molecular formula is C24H21ClFN3O4. The van der Waals surface area contributed by atoms with Crippen LogP contribution >= 0.6 is 11.6 Å². The van der Waals surface area contributed by atoms with Gasteiger partial charge in [-0.15, -0.1) is 0 Å². The number of carboxylic acid groups (broad SMARTS) is 1. The molecule has 1 saturated heterocycles. The fraction of sp³-hybridized carbons (Fsp3) is 0.208. The number of hydrogen-bond acceptors (Lipinski definition) is 5. The molecule has 4 rings (SSSR count).